The summed E-state index contributed by atoms with van der Waals surface area (Å²) in [6, 6.07) is 8.02. The summed E-state index contributed by atoms with van der Waals surface area (Å²) in [5.41, 5.74) is 1.98. The highest BCUT2D eigenvalue weighted by molar-refractivity contribution is 6.07. The van der Waals surface area contributed by atoms with Crippen LogP contribution in [0.4, 0.5) is 14.5 Å². The molecule has 0 bridgehead atoms. The second-order valence-electron chi connectivity index (χ2n) is 4.64. The molecular weight excluding hydrogens is 306 g/mol. The van der Waals surface area contributed by atoms with E-state index in [9.17, 15) is 13.6 Å². The molecule has 2 aromatic heterocycles. The van der Waals surface area contributed by atoms with Crippen LogP contribution in [0.25, 0.3) is 11.0 Å². The Labute approximate surface area is 129 Å². The summed E-state index contributed by atoms with van der Waals surface area (Å²) in [6.07, 6.45) is 0.264. The molecule has 2 heterocycles. The molecule has 3 aromatic rings. The number of ether oxygens (including phenoxy) is 1. The van der Waals surface area contributed by atoms with Crippen molar-refractivity contribution in [2.24, 2.45) is 0 Å². The van der Waals surface area contributed by atoms with Crippen LogP contribution in [0, 0.1) is 0 Å². The Morgan fingerprint density at radius 2 is 2.17 bits per heavy atom. The molecule has 0 aliphatic rings. The van der Waals surface area contributed by atoms with Crippen LogP contribution in [0.5, 0.6) is 5.75 Å². The number of imidazole rings is 1. The van der Waals surface area contributed by atoms with E-state index < -0.39 is 18.9 Å². The Kier molecular flexibility index (Phi) is 4.13. The fourth-order valence-corrected chi connectivity index (χ4v) is 2.04. The largest absolute Gasteiger partial charge is 0.488 e. The Hall–Kier alpha value is -3.03. The molecule has 0 unspecified atom stereocenters. The van der Waals surface area contributed by atoms with Crippen molar-refractivity contribution in [3.63, 3.8) is 0 Å². The zero-order valence-corrected chi connectivity index (χ0v) is 11.8. The van der Waals surface area contributed by atoms with Crippen molar-refractivity contribution in [2.75, 3.05) is 11.9 Å². The molecule has 0 aliphatic carbocycles. The Morgan fingerprint density at radius 3 is 3.00 bits per heavy atom. The van der Waals surface area contributed by atoms with Crippen molar-refractivity contribution in [3.05, 3.63) is 48.5 Å². The SMILES string of the molecule is O=C(Nc1cccc2[nH]cnc12)c1cc(OCC(F)F)ccn1. The monoisotopic (exact) mass is 318 g/mol. The maximum Gasteiger partial charge on any atom is 0.274 e. The molecular formula is C15H12F2N4O2. The molecule has 1 aromatic carbocycles. The van der Waals surface area contributed by atoms with Gasteiger partial charge in [0.25, 0.3) is 12.3 Å². The topological polar surface area (TPSA) is 79.9 Å². The second kappa shape index (κ2) is 6.39. The van der Waals surface area contributed by atoms with Gasteiger partial charge in [0, 0.05) is 12.3 Å². The van der Waals surface area contributed by atoms with E-state index in [-0.39, 0.29) is 11.4 Å². The first-order valence-electron chi connectivity index (χ1n) is 6.74. The van der Waals surface area contributed by atoms with Crippen LogP contribution in [-0.4, -0.2) is 33.9 Å². The number of rotatable bonds is 5. The molecule has 0 spiro atoms. The van der Waals surface area contributed by atoms with Gasteiger partial charge < -0.3 is 15.0 Å². The number of nitrogens with zero attached hydrogens (tertiary/aromatic N) is 2. The first-order chi connectivity index (χ1) is 11.1. The van der Waals surface area contributed by atoms with Gasteiger partial charge in [-0.15, -0.1) is 0 Å². The summed E-state index contributed by atoms with van der Waals surface area (Å²) in [6.45, 7) is -0.738. The quantitative estimate of drug-likeness (QED) is 0.758. The van der Waals surface area contributed by atoms with Crippen molar-refractivity contribution in [2.45, 2.75) is 6.43 Å². The average molecular weight is 318 g/mol. The Morgan fingerprint density at radius 1 is 1.30 bits per heavy atom. The van der Waals surface area contributed by atoms with Crippen LogP contribution in [0.3, 0.4) is 0 Å². The second-order valence-corrected chi connectivity index (χ2v) is 4.64. The van der Waals surface area contributed by atoms with Gasteiger partial charge in [-0.1, -0.05) is 6.07 Å². The summed E-state index contributed by atoms with van der Waals surface area (Å²) < 4.78 is 29.2. The van der Waals surface area contributed by atoms with Gasteiger partial charge in [0.1, 0.15) is 23.6 Å². The number of nitrogens with one attached hydrogen (secondary N) is 2. The number of H-pyrrole nitrogens is 1. The van der Waals surface area contributed by atoms with E-state index in [0.717, 1.165) is 5.52 Å². The molecule has 23 heavy (non-hydrogen) atoms. The predicted octanol–water partition coefficient (Wildman–Crippen LogP) is 2.85. The van der Waals surface area contributed by atoms with Crippen LogP contribution in [0.15, 0.2) is 42.9 Å². The summed E-state index contributed by atoms with van der Waals surface area (Å²) in [4.78, 5) is 23.3. The van der Waals surface area contributed by atoms with Crippen molar-refractivity contribution >= 4 is 22.6 Å². The first kappa shape index (κ1) is 14.9. The van der Waals surface area contributed by atoms with Crippen LogP contribution < -0.4 is 10.1 Å². The lowest BCUT2D eigenvalue weighted by molar-refractivity contribution is 0.0818. The molecule has 0 atom stereocenters. The van der Waals surface area contributed by atoms with Crippen molar-refractivity contribution in [1.82, 2.24) is 15.0 Å². The fraction of sp³-hybridized carbons (Fsp3) is 0.133. The number of amides is 1. The van der Waals surface area contributed by atoms with Crippen molar-refractivity contribution in [3.8, 4) is 5.75 Å². The van der Waals surface area contributed by atoms with Gasteiger partial charge in [0.15, 0.2) is 0 Å². The normalized spacial score (nSPS) is 10.9. The standard InChI is InChI=1S/C15H12F2N4O2/c16-13(17)7-23-9-4-5-18-12(6-9)15(22)21-11-3-1-2-10-14(11)20-8-19-10/h1-6,8,13H,7H2,(H,19,20)(H,21,22). The zero-order chi connectivity index (χ0) is 16.2. The molecule has 0 radical (unpaired) electrons. The van der Waals surface area contributed by atoms with E-state index in [0.29, 0.717) is 11.2 Å². The fourth-order valence-electron chi connectivity index (χ4n) is 2.04. The number of alkyl halides is 2. The molecule has 0 saturated heterocycles. The van der Waals surface area contributed by atoms with E-state index in [4.69, 9.17) is 4.74 Å². The number of fused-ring (bicyclic) bond motifs is 1. The lowest BCUT2D eigenvalue weighted by Gasteiger charge is -2.08. The van der Waals surface area contributed by atoms with Gasteiger partial charge in [0.05, 0.1) is 17.5 Å². The zero-order valence-electron chi connectivity index (χ0n) is 11.8. The van der Waals surface area contributed by atoms with E-state index in [1.54, 1.807) is 12.1 Å². The summed E-state index contributed by atoms with van der Waals surface area (Å²) in [5.74, 6) is -0.327. The van der Waals surface area contributed by atoms with Gasteiger partial charge >= 0.3 is 0 Å². The number of hydrogen-bond donors (Lipinski definition) is 2. The minimum absolute atomic E-state index is 0.0595. The van der Waals surface area contributed by atoms with Crippen LogP contribution in [-0.2, 0) is 0 Å². The number of aromatic nitrogens is 3. The molecule has 2 N–H and O–H groups in total. The third-order valence-electron chi connectivity index (χ3n) is 3.04. The van der Waals surface area contributed by atoms with Gasteiger partial charge in [-0.2, -0.15) is 0 Å². The number of halogens is 2. The van der Waals surface area contributed by atoms with Gasteiger partial charge in [-0.05, 0) is 18.2 Å². The van der Waals surface area contributed by atoms with Gasteiger partial charge in [-0.25, -0.2) is 13.8 Å². The van der Waals surface area contributed by atoms with E-state index in [1.807, 2.05) is 6.07 Å². The third-order valence-corrected chi connectivity index (χ3v) is 3.04. The summed E-state index contributed by atoms with van der Waals surface area (Å²) >= 11 is 0. The van der Waals surface area contributed by atoms with Crippen LogP contribution >= 0.6 is 0 Å². The number of benzene rings is 1. The smallest absolute Gasteiger partial charge is 0.274 e. The number of pyridine rings is 1. The number of hydrogen-bond acceptors (Lipinski definition) is 4. The summed E-state index contributed by atoms with van der Waals surface area (Å²) in [7, 11) is 0. The van der Waals surface area contributed by atoms with Crippen molar-refractivity contribution < 1.29 is 18.3 Å². The minimum Gasteiger partial charge on any atom is -0.488 e. The highest BCUT2D eigenvalue weighted by Crippen LogP contribution is 2.20. The van der Waals surface area contributed by atoms with E-state index in [2.05, 4.69) is 20.3 Å². The number of carbonyl (C=O) groups excluding carboxylic acids is 1. The number of aromatic amines is 1. The molecule has 1 amide bonds. The van der Waals surface area contributed by atoms with Gasteiger partial charge in [0.2, 0.25) is 0 Å². The number of anilines is 1. The highest BCUT2D eigenvalue weighted by Gasteiger charge is 2.12. The molecule has 0 aliphatic heterocycles. The number of carbonyl (C=O) groups is 1. The minimum atomic E-state index is -2.59. The lowest BCUT2D eigenvalue weighted by atomic mass is 10.2. The van der Waals surface area contributed by atoms with Crippen LogP contribution in [0.2, 0.25) is 0 Å². The first-order valence-corrected chi connectivity index (χ1v) is 6.74. The molecule has 118 valence electrons. The third kappa shape index (κ3) is 3.42. The number of para-hydroxylation sites is 1. The molecule has 8 heteroatoms. The molecule has 0 fully saturated rings. The van der Waals surface area contributed by atoms with Crippen molar-refractivity contribution in [1.29, 1.82) is 0 Å². The molecule has 6 nitrogen and oxygen atoms in total. The Bertz CT molecular complexity index is 835. The average Bonchev–Trinajstić information content (AvgIpc) is 3.03. The van der Waals surface area contributed by atoms with Gasteiger partial charge in [-0.3, -0.25) is 9.78 Å². The molecule has 3 rings (SSSR count). The lowest BCUT2D eigenvalue weighted by Crippen LogP contribution is -2.14. The summed E-state index contributed by atoms with van der Waals surface area (Å²) in [5, 5.41) is 2.69. The van der Waals surface area contributed by atoms with Crippen LogP contribution in [0.1, 0.15) is 10.5 Å². The highest BCUT2D eigenvalue weighted by atomic mass is 19.3. The Balaban J connectivity index is 1.78. The molecule has 0 saturated carbocycles. The van der Waals surface area contributed by atoms with E-state index >= 15 is 0 Å². The maximum atomic E-state index is 12.3. The maximum absolute atomic E-state index is 12.3. The predicted molar refractivity (Wildman–Crippen MR) is 79.8 cm³/mol. The van der Waals surface area contributed by atoms with E-state index in [1.165, 1.54) is 24.7 Å².